The van der Waals surface area contributed by atoms with Crippen molar-refractivity contribution in [2.45, 2.75) is 58.2 Å². The Morgan fingerprint density at radius 3 is 2.56 bits per heavy atom. The van der Waals surface area contributed by atoms with E-state index in [-0.39, 0.29) is 30.0 Å². The van der Waals surface area contributed by atoms with Crippen molar-refractivity contribution in [2.24, 2.45) is 23.5 Å². The molecular formula is C14H26N2O2. The minimum atomic E-state index is 0.0731. The summed E-state index contributed by atoms with van der Waals surface area (Å²) in [4.78, 5) is 12.3. The lowest BCUT2D eigenvalue weighted by atomic mass is 9.72. The molecular weight excluding hydrogens is 228 g/mol. The summed E-state index contributed by atoms with van der Waals surface area (Å²) < 4.78 is 5.48. The molecule has 2 fully saturated rings. The highest BCUT2D eigenvalue weighted by Gasteiger charge is 2.36. The highest BCUT2D eigenvalue weighted by molar-refractivity contribution is 5.79. The maximum absolute atomic E-state index is 12.3. The van der Waals surface area contributed by atoms with Gasteiger partial charge < -0.3 is 15.8 Å². The molecule has 1 saturated carbocycles. The minimum absolute atomic E-state index is 0.0731. The molecule has 1 heterocycles. The Kier molecular flexibility index (Phi) is 4.28. The van der Waals surface area contributed by atoms with Crippen molar-refractivity contribution >= 4 is 5.91 Å². The van der Waals surface area contributed by atoms with Crippen molar-refractivity contribution in [3.8, 4) is 0 Å². The molecule has 104 valence electrons. The Morgan fingerprint density at radius 1 is 1.22 bits per heavy atom. The van der Waals surface area contributed by atoms with Gasteiger partial charge in [0.2, 0.25) is 5.91 Å². The Balaban J connectivity index is 1.92. The SMILES string of the molecule is CC1CC(C)C(C(=O)NC2CCOC2C)CC1N. The summed E-state index contributed by atoms with van der Waals surface area (Å²) in [6.45, 7) is 7.13. The summed E-state index contributed by atoms with van der Waals surface area (Å²) in [5, 5.41) is 3.14. The van der Waals surface area contributed by atoms with Crippen molar-refractivity contribution in [1.82, 2.24) is 5.32 Å². The van der Waals surface area contributed by atoms with E-state index in [9.17, 15) is 4.79 Å². The van der Waals surface area contributed by atoms with E-state index in [1.165, 1.54) is 0 Å². The molecule has 3 N–H and O–H groups in total. The van der Waals surface area contributed by atoms with Crippen LogP contribution >= 0.6 is 0 Å². The van der Waals surface area contributed by atoms with Gasteiger partial charge in [-0.25, -0.2) is 0 Å². The van der Waals surface area contributed by atoms with Crippen molar-refractivity contribution in [1.29, 1.82) is 0 Å². The first kappa shape index (κ1) is 13.8. The zero-order valence-electron chi connectivity index (χ0n) is 11.7. The second-order valence-corrected chi connectivity index (χ2v) is 6.18. The summed E-state index contributed by atoms with van der Waals surface area (Å²) >= 11 is 0. The van der Waals surface area contributed by atoms with Crippen LogP contribution in [0.5, 0.6) is 0 Å². The molecule has 18 heavy (non-hydrogen) atoms. The second-order valence-electron chi connectivity index (χ2n) is 6.18. The molecule has 0 aromatic carbocycles. The monoisotopic (exact) mass is 254 g/mol. The average molecular weight is 254 g/mol. The number of ether oxygens (including phenoxy) is 1. The van der Waals surface area contributed by atoms with Gasteiger partial charge in [0.15, 0.2) is 0 Å². The smallest absolute Gasteiger partial charge is 0.223 e. The van der Waals surface area contributed by atoms with E-state index in [4.69, 9.17) is 10.5 Å². The topological polar surface area (TPSA) is 64.3 Å². The number of carbonyl (C=O) groups excluding carboxylic acids is 1. The zero-order valence-corrected chi connectivity index (χ0v) is 11.7. The Bertz CT molecular complexity index is 308. The van der Waals surface area contributed by atoms with Gasteiger partial charge in [0, 0.05) is 18.6 Å². The molecule has 0 aromatic heterocycles. The molecule has 4 heteroatoms. The number of hydrogen-bond donors (Lipinski definition) is 2. The zero-order chi connectivity index (χ0) is 13.3. The van der Waals surface area contributed by atoms with Gasteiger partial charge >= 0.3 is 0 Å². The molecule has 1 aliphatic heterocycles. The van der Waals surface area contributed by atoms with Crippen LogP contribution in [-0.4, -0.2) is 30.7 Å². The maximum Gasteiger partial charge on any atom is 0.223 e. The lowest BCUT2D eigenvalue weighted by Gasteiger charge is -2.36. The highest BCUT2D eigenvalue weighted by Crippen LogP contribution is 2.33. The van der Waals surface area contributed by atoms with Crippen LogP contribution in [0.1, 0.15) is 40.0 Å². The average Bonchev–Trinajstić information content (AvgIpc) is 2.69. The Labute approximate surface area is 110 Å². The van der Waals surface area contributed by atoms with Crippen LogP contribution in [0.2, 0.25) is 0 Å². The quantitative estimate of drug-likeness (QED) is 0.780. The molecule has 6 atom stereocenters. The molecule has 4 nitrogen and oxygen atoms in total. The van der Waals surface area contributed by atoms with E-state index in [2.05, 4.69) is 19.2 Å². The van der Waals surface area contributed by atoms with Gasteiger partial charge in [-0.2, -0.15) is 0 Å². The number of carbonyl (C=O) groups is 1. The van der Waals surface area contributed by atoms with Crippen LogP contribution in [-0.2, 0) is 9.53 Å². The van der Waals surface area contributed by atoms with Crippen molar-refractivity contribution in [2.75, 3.05) is 6.61 Å². The van der Waals surface area contributed by atoms with Crippen LogP contribution in [0.15, 0.2) is 0 Å². The largest absolute Gasteiger partial charge is 0.376 e. The second kappa shape index (κ2) is 5.57. The van der Waals surface area contributed by atoms with Gasteiger partial charge in [0.05, 0.1) is 12.1 Å². The molecule has 1 aliphatic carbocycles. The van der Waals surface area contributed by atoms with E-state index >= 15 is 0 Å². The van der Waals surface area contributed by atoms with Crippen molar-refractivity contribution in [3.05, 3.63) is 0 Å². The summed E-state index contributed by atoms with van der Waals surface area (Å²) in [5.41, 5.74) is 6.10. The van der Waals surface area contributed by atoms with Crippen LogP contribution < -0.4 is 11.1 Å². The fourth-order valence-electron chi connectivity index (χ4n) is 3.26. The van der Waals surface area contributed by atoms with Gasteiger partial charge in [-0.15, -0.1) is 0 Å². The molecule has 6 unspecified atom stereocenters. The third-order valence-corrected chi connectivity index (χ3v) is 4.73. The fourth-order valence-corrected chi connectivity index (χ4v) is 3.26. The van der Waals surface area contributed by atoms with Gasteiger partial charge in [-0.05, 0) is 38.0 Å². The van der Waals surface area contributed by atoms with E-state index < -0.39 is 0 Å². The van der Waals surface area contributed by atoms with Gasteiger partial charge in [0.25, 0.3) is 0 Å². The fraction of sp³-hybridized carbons (Fsp3) is 0.929. The third kappa shape index (κ3) is 2.86. The molecule has 0 spiro atoms. The Hall–Kier alpha value is -0.610. The molecule has 1 amide bonds. The molecule has 2 rings (SSSR count). The van der Waals surface area contributed by atoms with E-state index in [1.54, 1.807) is 0 Å². The van der Waals surface area contributed by atoms with Gasteiger partial charge in [-0.1, -0.05) is 13.8 Å². The molecule has 0 radical (unpaired) electrons. The summed E-state index contributed by atoms with van der Waals surface area (Å²) in [6.07, 6.45) is 2.93. The number of nitrogens with one attached hydrogen (secondary N) is 1. The summed E-state index contributed by atoms with van der Waals surface area (Å²) in [5.74, 6) is 1.20. The van der Waals surface area contributed by atoms with Crippen LogP contribution in [0, 0.1) is 17.8 Å². The van der Waals surface area contributed by atoms with Gasteiger partial charge in [-0.3, -0.25) is 4.79 Å². The number of amides is 1. The molecule has 0 bridgehead atoms. The molecule has 0 aromatic rings. The van der Waals surface area contributed by atoms with Gasteiger partial charge in [0.1, 0.15) is 0 Å². The first-order valence-electron chi connectivity index (χ1n) is 7.16. The number of nitrogens with two attached hydrogens (primary N) is 1. The molecule has 1 saturated heterocycles. The Morgan fingerprint density at radius 2 is 1.94 bits per heavy atom. The van der Waals surface area contributed by atoms with Crippen LogP contribution in [0.25, 0.3) is 0 Å². The van der Waals surface area contributed by atoms with E-state index in [1.807, 2.05) is 6.92 Å². The van der Waals surface area contributed by atoms with Crippen molar-refractivity contribution in [3.63, 3.8) is 0 Å². The summed E-state index contributed by atoms with van der Waals surface area (Å²) in [7, 11) is 0. The first-order chi connectivity index (χ1) is 8.49. The third-order valence-electron chi connectivity index (χ3n) is 4.73. The first-order valence-corrected chi connectivity index (χ1v) is 7.16. The predicted octanol–water partition coefficient (Wildman–Crippen LogP) is 1.29. The lowest BCUT2D eigenvalue weighted by Crippen LogP contribution is -2.48. The summed E-state index contributed by atoms with van der Waals surface area (Å²) in [6, 6.07) is 0.342. The normalized spacial score (nSPS) is 44.9. The lowest BCUT2D eigenvalue weighted by molar-refractivity contribution is -0.129. The van der Waals surface area contributed by atoms with Crippen LogP contribution in [0.4, 0.5) is 0 Å². The highest BCUT2D eigenvalue weighted by atomic mass is 16.5. The van der Waals surface area contributed by atoms with Crippen LogP contribution in [0.3, 0.4) is 0 Å². The molecule has 2 aliphatic rings. The predicted molar refractivity (Wildman–Crippen MR) is 71.0 cm³/mol. The standard InChI is InChI=1S/C14H26N2O2/c1-8-6-9(2)12(15)7-11(8)14(17)16-13-4-5-18-10(13)3/h8-13H,4-7,15H2,1-3H3,(H,16,17). The number of rotatable bonds is 2. The maximum atomic E-state index is 12.3. The number of hydrogen-bond acceptors (Lipinski definition) is 3. The van der Waals surface area contributed by atoms with E-state index in [0.29, 0.717) is 11.8 Å². The minimum Gasteiger partial charge on any atom is -0.376 e. The van der Waals surface area contributed by atoms with E-state index in [0.717, 1.165) is 25.9 Å². The van der Waals surface area contributed by atoms with Crippen molar-refractivity contribution < 1.29 is 9.53 Å².